The van der Waals surface area contributed by atoms with Gasteiger partial charge in [-0.05, 0) is 23.3 Å². The number of benzene rings is 2. The van der Waals surface area contributed by atoms with Gasteiger partial charge in [0, 0.05) is 22.0 Å². The van der Waals surface area contributed by atoms with Gasteiger partial charge in [-0.2, -0.15) is 5.10 Å². The average molecular weight is 490 g/mol. The molecule has 0 fully saturated rings. The van der Waals surface area contributed by atoms with Gasteiger partial charge in [0.05, 0.1) is 6.54 Å². The predicted molar refractivity (Wildman–Crippen MR) is 115 cm³/mol. The van der Waals surface area contributed by atoms with Gasteiger partial charge in [0.2, 0.25) is 0 Å². The SMILES string of the molecule is O=S(=O)(NCc1ccc(Cn2cncn2)cc1)c1csc(-c2ccc(Br)cc2)n1. The molecule has 4 aromatic rings. The van der Waals surface area contributed by atoms with Crippen LogP contribution in [-0.2, 0) is 23.1 Å². The number of nitrogens with one attached hydrogen (secondary N) is 1. The first-order valence-corrected chi connectivity index (χ1v) is 11.8. The predicted octanol–water partition coefficient (Wildman–Crippen LogP) is 3.69. The Balaban J connectivity index is 1.40. The third-order valence-corrected chi connectivity index (χ3v) is 7.00. The standard InChI is InChI=1S/C19H16BrN5O2S2/c20-17-7-5-16(6-8-17)19-24-18(11-28-19)29(26,27)23-9-14-1-3-15(4-2-14)10-25-13-21-12-22-25/h1-8,11-13,23H,9-10H2. The van der Waals surface area contributed by atoms with E-state index < -0.39 is 10.0 Å². The molecule has 0 saturated heterocycles. The second kappa shape index (κ2) is 8.54. The van der Waals surface area contributed by atoms with Crippen LogP contribution in [0, 0.1) is 0 Å². The lowest BCUT2D eigenvalue weighted by Crippen LogP contribution is -2.23. The van der Waals surface area contributed by atoms with Crippen molar-refractivity contribution in [1.82, 2.24) is 24.5 Å². The molecule has 2 aromatic carbocycles. The number of rotatable bonds is 7. The van der Waals surface area contributed by atoms with Gasteiger partial charge < -0.3 is 0 Å². The summed E-state index contributed by atoms with van der Waals surface area (Å²) in [6, 6.07) is 15.3. The largest absolute Gasteiger partial charge is 0.259 e. The van der Waals surface area contributed by atoms with Gasteiger partial charge in [-0.25, -0.2) is 27.8 Å². The van der Waals surface area contributed by atoms with E-state index in [2.05, 4.69) is 35.7 Å². The van der Waals surface area contributed by atoms with Crippen molar-refractivity contribution < 1.29 is 8.42 Å². The van der Waals surface area contributed by atoms with Crippen molar-refractivity contribution in [2.24, 2.45) is 0 Å². The van der Waals surface area contributed by atoms with E-state index in [0.29, 0.717) is 11.6 Å². The molecule has 0 aliphatic rings. The Bertz CT molecular complexity index is 1190. The summed E-state index contributed by atoms with van der Waals surface area (Å²) in [4.78, 5) is 8.20. The van der Waals surface area contributed by atoms with Crippen molar-refractivity contribution >= 4 is 37.3 Å². The quantitative estimate of drug-likeness (QED) is 0.427. The molecule has 7 nitrogen and oxygen atoms in total. The highest BCUT2D eigenvalue weighted by Gasteiger charge is 2.18. The Morgan fingerprint density at radius 1 is 1.03 bits per heavy atom. The number of halogens is 1. The Morgan fingerprint density at radius 3 is 2.45 bits per heavy atom. The second-order valence-electron chi connectivity index (χ2n) is 6.23. The van der Waals surface area contributed by atoms with E-state index in [0.717, 1.165) is 21.2 Å². The van der Waals surface area contributed by atoms with Gasteiger partial charge in [0.25, 0.3) is 10.0 Å². The van der Waals surface area contributed by atoms with Gasteiger partial charge in [-0.3, -0.25) is 0 Å². The molecule has 0 radical (unpaired) electrons. The Labute approximate surface area is 180 Å². The first-order chi connectivity index (χ1) is 14.0. The van der Waals surface area contributed by atoms with Crippen LogP contribution in [0.1, 0.15) is 11.1 Å². The molecule has 0 aliphatic heterocycles. The summed E-state index contributed by atoms with van der Waals surface area (Å²) in [7, 11) is -3.69. The molecule has 0 atom stereocenters. The van der Waals surface area contributed by atoms with Gasteiger partial charge in [-0.15, -0.1) is 11.3 Å². The molecule has 4 rings (SSSR count). The van der Waals surface area contributed by atoms with Crippen LogP contribution < -0.4 is 4.72 Å². The summed E-state index contributed by atoms with van der Waals surface area (Å²) in [5.41, 5.74) is 2.79. The van der Waals surface area contributed by atoms with E-state index >= 15 is 0 Å². The summed E-state index contributed by atoms with van der Waals surface area (Å²) in [6.45, 7) is 0.806. The topological polar surface area (TPSA) is 89.8 Å². The first-order valence-electron chi connectivity index (χ1n) is 8.61. The van der Waals surface area contributed by atoms with Gasteiger partial charge in [0.1, 0.15) is 17.7 Å². The van der Waals surface area contributed by atoms with E-state index in [-0.39, 0.29) is 11.6 Å². The number of nitrogens with zero attached hydrogens (tertiary/aromatic N) is 4. The molecule has 0 saturated carbocycles. The van der Waals surface area contributed by atoms with Crippen molar-refractivity contribution in [1.29, 1.82) is 0 Å². The minimum absolute atomic E-state index is 0.0308. The van der Waals surface area contributed by atoms with Crippen LogP contribution in [0.4, 0.5) is 0 Å². The lowest BCUT2D eigenvalue weighted by Gasteiger charge is -2.06. The average Bonchev–Trinajstić information content (AvgIpc) is 3.41. The van der Waals surface area contributed by atoms with Crippen LogP contribution in [0.3, 0.4) is 0 Å². The summed E-state index contributed by atoms with van der Waals surface area (Å²) in [5, 5.41) is 6.32. The third-order valence-electron chi connectivity index (χ3n) is 4.15. The summed E-state index contributed by atoms with van der Waals surface area (Å²) in [5.74, 6) is 0. The third kappa shape index (κ3) is 4.96. The highest BCUT2D eigenvalue weighted by molar-refractivity contribution is 9.10. The van der Waals surface area contributed by atoms with Gasteiger partial charge in [-0.1, -0.05) is 52.3 Å². The number of hydrogen-bond acceptors (Lipinski definition) is 6. The van der Waals surface area contributed by atoms with Crippen LogP contribution in [0.5, 0.6) is 0 Å². The number of thiazole rings is 1. The van der Waals surface area contributed by atoms with E-state index in [1.807, 2.05) is 48.5 Å². The maximum absolute atomic E-state index is 12.6. The zero-order valence-electron chi connectivity index (χ0n) is 15.1. The molecule has 1 N–H and O–H groups in total. The number of hydrogen-bond donors (Lipinski definition) is 1. The smallest absolute Gasteiger partial charge is 0.249 e. The van der Waals surface area contributed by atoms with Crippen molar-refractivity contribution in [3.8, 4) is 10.6 Å². The van der Waals surface area contributed by atoms with Crippen molar-refractivity contribution in [3.63, 3.8) is 0 Å². The fourth-order valence-electron chi connectivity index (χ4n) is 2.62. The van der Waals surface area contributed by atoms with Crippen LogP contribution in [-0.4, -0.2) is 28.2 Å². The zero-order chi connectivity index (χ0) is 20.3. The lowest BCUT2D eigenvalue weighted by atomic mass is 10.1. The fourth-order valence-corrected chi connectivity index (χ4v) is 5.00. The zero-order valence-corrected chi connectivity index (χ0v) is 18.3. The highest BCUT2D eigenvalue weighted by atomic mass is 79.9. The number of sulfonamides is 1. The van der Waals surface area contributed by atoms with Crippen LogP contribution in [0.15, 0.2) is 76.1 Å². The molecular formula is C19H16BrN5O2S2. The summed E-state index contributed by atoms with van der Waals surface area (Å²) >= 11 is 4.69. The molecule has 0 amide bonds. The van der Waals surface area contributed by atoms with E-state index in [9.17, 15) is 8.42 Å². The maximum atomic E-state index is 12.6. The van der Waals surface area contributed by atoms with Gasteiger partial charge in [0.15, 0.2) is 5.03 Å². The van der Waals surface area contributed by atoms with E-state index in [4.69, 9.17) is 0 Å². The molecule has 0 unspecified atom stereocenters. The molecule has 0 spiro atoms. The maximum Gasteiger partial charge on any atom is 0.259 e. The normalized spacial score (nSPS) is 11.6. The van der Waals surface area contributed by atoms with Crippen LogP contribution in [0.2, 0.25) is 0 Å². The van der Waals surface area contributed by atoms with E-state index in [1.54, 1.807) is 16.4 Å². The molecule has 2 heterocycles. The van der Waals surface area contributed by atoms with E-state index in [1.165, 1.54) is 17.7 Å². The molecule has 29 heavy (non-hydrogen) atoms. The van der Waals surface area contributed by atoms with Crippen LogP contribution in [0.25, 0.3) is 10.6 Å². The van der Waals surface area contributed by atoms with Crippen LogP contribution >= 0.6 is 27.3 Å². The monoisotopic (exact) mass is 489 g/mol. The van der Waals surface area contributed by atoms with Gasteiger partial charge >= 0.3 is 0 Å². The Morgan fingerprint density at radius 2 is 1.76 bits per heavy atom. The minimum Gasteiger partial charge on any atom is -0.249 e. The lowest BCUT2D eigenvalue weighted by molar-refractivity contribution is 0.578. The van der Waals surface area contributed by atoms with Crippen molar-refractivity contribution in [2.75, 3.05) is 0 Å². The molecule has 0 aliphatic carbocycles. The van der Waals surface area contributed by atoms with Crippen molar-refractivity contribution in [2.45, 2.75) is 18.1 Å². The Hall–Kier alpha value is -2.40. The highest BCUT2D eigenvalue weighted by Crippen LogP contribution is 2.26. The molecule has 2 aromatic heterocycles. The summed E-state index contributed by atoms with van der Waals surface area (Å²) < 4.78 is 30.5. The molecule has 0 bridgehead atoms. The summed E-state index contributed by atoms with van der Waals surface area (Å²) in [6.07, 6.45) is 3.14. The first kappa shape index (κ1) is 19.9. The second-order valence-corrected chi connectivity index (χ2v) is 9.72. The molecule has 10 heteroatoms. The van der Waals surface area contributed by atoms with Crippen molar-refractivity contribution in [3.05, 3.63) is 82.2 Å². The Kier molecular flexibility index (Phi) is 5.86. The molecular weight excluding hydrogens is 474 g/mol. The fraction of sp³-hybridized carbons (Fsp3) is 0.105. The molecule has 148 valence electrons. The minimum atomic E-state index is -3.69. The number of aromatic nitrogens is 4.